The summed E-state index contributed by atoms with van der Waals surface area (Å²) in [6.07, 6.45) is 6.86. The normalized spacial score (nSPS) is 17.8. The second kappa shape index (κ2) is 3.95. The van der Waals surface area contributed by atoms with Crippen molar-refractivity contribution in [2.75, 3.05) is 0 Å². The van der Waals surface area contributed by atoms with Crippen molar-refractivity contribution in [1.82, 2.24) is 5.32 Å². The number of hydrogen-bond donors (Lipinski definition) is 1. The van der Waals surface area contributed by atoms with E-state index in [1.165, 1.54) is 0 Å². The van der Waals surface area contributed by atoms with Gasteiger partial charge in [-0.1, -0.05) is 32.9 Å². The Bertz CT molecular complexity index is 205. The van der Waals surface area contributed by atoms with Crippen LogP contribution in [0.3, 0.4) is 0 Å². The number of carbonyl (C=O) groups is 1. The molecule has 0 spiro atoms. The van der Waals surface area contributed by atoms with Gasteiger partial charge in [0, 0.05) is 12.5 Å². The summed E-state index contributed by atoms with van der Waals surface area (Å²) in [5.74, 6) is 0.182. The van der Waals surface area contributed by atoms with Gasteiger partial charge in [0.2, 0.25) is 5.91 Å². The van der Waals surface area contributed by atoms with Crippen molar-refractivity contribution >= 4 is 5.91 Å². The molecule has 0 unspecified atom stereocenters. The van der Waals surface area contributed by atoms with Gasteiger partial charge in [0.1, 0.15) is 0 Å². The molecule has 74 valence electrons. The lowest BCUT2D eigenvalue weighted by Gasteiger charge is -2.19. The molecule has 1 amide bonds. The lowest BCUT2D eigenvalue weighted by Crippen LogP contribution is -2.35. The minimum absolute atomic E-state index is 0.0934. The molecule has 2 heteroatoms. The van der Waals surface area contributed by atoms with Crippen LogP contribution in [0.1, 0.15) is 40.0 Å². The van der Waals surface area contributed by atoms with Crippen LogP contribution in [0, 0.1) is 5.41 Å². The Morgan fingerprint density at radius 1 is 1.38 bits per heavy atom. The van der Waals surface area contributed by atoms with Crippen LogP contribution in [0.2, 0.25) is 0 Å². The number of rotatable bonds is 2. The highest BCUT2D eigenvalue weighted by Gasteiger charge is 2.18. The number of amides is 1. The van der Waals surface area contributed by atoms with Crippen molar-refractivity contribution in [3.63, 3.8) is 0 Å². The molecule has 1 N–H and O–H groups in total. The van der Waals surface area contributed by atoms with Crippen LogP contribution < -0.4 is 5.32 Å². The predicted octanol–water partition coefficient (Wildman–Crippen LogP) is 2.26. The molecule has 1 aliphatic rings. The maximum Gasteiger partial charge on any atom is 0.220 e. The van der Waals surface area contributed by atoms with Crippen LogP contribution in [-0.4, -0.2) is 11.9 Å². The lowest BCUT2D eigenvalue weighted by atomic mass is 9.92. The fourth-order valence-electron chi connectivity index (χ4n) is 1.50. The summed E-state index contributed by atoms with van der Waals surface area (Å²) in [6.45, 7) is 6.25. The maximum absolute atomic E-state index is 11.5. The van der Waals surface area contributed by atoms with Crippen LogP contribution in [0.15, 0.2) is 12.2 Å². The zero-order valence-corrected chi connectivity index (χ0v) is 8.76. The Hall–Kier alpha value is -0.790. The minimum atomic E-state index is 0.0934. The Morgan fingerprint density at radius 3 is 2.38 bits per heavy atom. The van der Waals surface area contributed by atoms with E-state index in [2.05, 4.69) is 38.2 Å². The molecule has 0 fully saturated rings. The largest absolute Gasteiger partial charge is 0.353 e. The summed E-state index contributed by atoms with van der Waals surface area (Å²) < 4.78 is 0. The van der Waals surface area contributed by atoms with Gasteiger partial charge in [-0.2, -0.15) is 0 Å². The van der Waals surface area contributed by atoms with Crippen LogP contribution in [0.25, 0.3) is 0 Å². The van der Waals surface area contributed by atoms with E-state index in [1.54, 1.807) is 0 Å². The summed E-state index contributed by atoms with van der Waals surface area (Å²) in [6, 6.07) is 0.356. The van der Waals surface area contributed by atoms with E-state index in [0.29, 0.717) is 12.5 Å². The molecule has 13 heavy (non-hydrogen) atoms. The fraction of sp³-hybridized carbons (Fsp3) is 0.727. The first-order valence-corrected chi connectivity index (χ1v) is 4.92. The number of carbonyl (C=O) groups excluding carboxylic acids is 1. The zero-order chi connectivity index (χ0) is 9.90. The summed E-state index contributed by atoms with van der Waals surface area (Å²) >= 11 is 0. The summed E-state index contributed by atoms with van der Waals surface area (Å²) in [5.41, 5.74) is 0.0934. The summed E-state index contributed by atoms with van der Waals surface area (Å²) in [5, 5.41) is 3.03. The van der Waals surface area contributed by atoms with Gasteiger partial charge in [0.15, 0.2) is 0 Å². The maximum atomic E-state index is 11.5. The van der Waals surface area contributed by atoms with E-state index in [-0.39, 0.29) is 11.3 Å². The highest BCUT2D eigenvalue weighted by Crippen LogP contribution is 2.18. The summed E-state index contributed by atoms with van der Waals surface area (Å²) in [7, 11) is 0. The highest BCUT2D eigenvalue weighted by molar-refractivity contribution is 5.76. The van der Waals surface area contributed by atoms with Gasteiger partial charge in [0.05, 0.1) is 0 Å². The topological polar surface area (TPSA) is 29.1 Å². The minimum Gasteiger partial charge on any atom is -0.353 e. The molecule has 0 saturated heterocycles. The molecule has 1 rings (SSSR count). The molecule has 2 nitrogen and oxygen atoms in total. The third-order valence-electron chi connectivity index (χ3n) is 2.06. The third-order valence-corrected chi connectivity index (χ3v) is 2.06. The van der Waals surface area contributed by atoms with E-state index in [9.17, 15) is 4.79 Å². The Labute approximate surface area is 80.4 Å². The molecule has 0 atom stereocenters. The molecule has 0 aliphatic heterocycles. The first kappa shape index (κ1) is 10.3. The lowest BCUT2D eigenvalue weighted by molar-refractivity contribution is -0.123. The molecule has 0 saturated carbocycles. The monoisotopic (exact) mass is 181 g/mol. The van der Waals surface area contributed by atoms with Crippen molar-refractivity contribution in [2.45, 2.75) is 46.1 Å². The molecule has 1 aliphatic carbocycles. The quantitative estimate of drug-likeness (QED) is 0.650. The summed E-state index contributed by atoms with van der Waals surface area (Å²) in [4.78, 5) is 11.5. The zero-order valence-electron chi connectivity index (χ0n) is 8.76. The second-order valence-corrected chi connectivity index (χ2v) is 4.94. The van der Waals surface area contributed by atoms with Crippen LogP contribution in [-0.2, 0) is 4.79 Å². The smallest absolute Gasteiger partial charge is 0.220 e. The average molecular weight is 181 g/mol. The average Bonchev–Trinajstić information content (AvgIpc) is 2.34. The Balaban J connectivity index is 2.25. The number of nitrogens with one attached hydrogen (secondary N) is 1. The van der Waals surface area contributed by atoms with Crippen molar-refractivity contribution in [3.8, 4) is 0 Å². The van der Waals surface area contributed by atoms with Crippen LogP contribution in [0.5, 0.6) is 0 Å². The van der Waals surface area contributed by atoms with Crippen LogP contribution in [0.4, 0.5) is 0 Å². The van der Waals surface area contributed by atoms with Crippen molar-refractivity contribution in [3.05, 3.63) is 12.2 Å². The molecule has 0 aromatic rings. The third kappa shape index (κ3) is 4.11. The Kier molecular flexibility index (Phi) is 3.12. The van der Waals surface area contributed by atoms with E-state index in [4.69, 9.17) is 0 Å². The van der Waals surface area contributed by atoms with Crippen molar-refractivity contribution in [1.29, 1.82) is 0 Å². The van der Waals surface area contributed by atoms with Gasteiger partial charge in [-0.25, -0.2) is 0 Å². The fourth-order valence-corrected chi connectivity index (χ4v) is 1.50. The van der Waals surface area contributed by atoms with E-state index >= 15 is 0 Å². The van der Waals surface area contributed by atoms with Gasteiger partial charge < -0.3 is 5.32 Å². The van der Waals surface area contributed by atoms with Crippen molar-refractivity contribution < 1.29 is 4.79 Å². The molecule has 0 bridgehead atoms. The second-order valence-electron chi connectivity index (χ2n) is 4.94. The van der Waals surface area contributed by atoms with Crippen LogP contribution >= 0.6 is 0 Å². The first-order valence-electron chi connectivity index (χ1n) is 4.92. The van der Waals surface area contributed by atoms with Crippen molar-refractivity contribution in [2.24, 2.45) is 5.41 Å². The SMILES string of the molecule is CC(C)(C)CC(=O)NC1CC=CC1. The first-order chi connectivity index (χ1) is 5.97. The molecule has 0 aromatic carbocycles. The van der Waals surface area contributed by atoms with Gasteiger partial charge in [-0.05, 0) is 18.3 Å². The molecular formula is C11H19NO. The highest BCUT2D eigenvalue weighted by atomic mass is 16.1. The Morgan fingerprint density at radius 2 is 1.92 bits per heavy atom. The van der Waals surface area contributed by atoms with Gasteiger partial charge >= 0.3 is 0 Å². The van der Waals surface area contributed by atoms with E-state index in [1.807, 2.05) is 0 Å². The molecular weight excluding hydrogens is 162 g/mol. The van der Waals surface area contributed by atoms with E-state index in [0.717, 1.165) is 12.8 Å². The van der Waals surface area contributed by atoms with E-state index < -0.39 is 0 Å². The van der Waals surface area contributed by atoms with Gasteiger partial charge in [-0.15, -0.1) is 0 Å². The van der Waals surface area contributed by atoms with Gasteiger partial charge in [-0.3, -0.25) is 4.79 Å². The standard InChI is InChI=1S/C11H19NO/c1-11(2,3)8-10(13)12-9-6-4-5-7-9/h4-5,9H,6-8H2,1-3H3,(H,12,13). The molecule has 0 aromatic heterocycles. The molecule has 0 radical (unpaired) electrons. The predicted molar refractivity (Wildman–Crippen MR) is 54.4 cm³/mol. The number of hydrogen-bond acceptors (Lipinski definition) is 1. The molecule has 0 heterocycles. The van der Waals surface area contributed by atoms with Gasteiger partial charge in [0.25, 0.3) is 0 Å².